The normalized spacial score (nSPS) is 11.6. The van der Waals surface area contributed by atoms with Crippen molar-refractivity contribution >= 4 is 5.97 Å². The molecule has 0 aromatic heterocycles. The zero-order chi connectivity index (χ0) is 14.3. The molecule has 0 N–H and O–H groups in total. The Morgan fingerprint density at radius 2 is 1.71 bits per heavy atom. The lowest BCUT2D eigenvalue weighted by Crippen LogP contribution is -2.13. The van der Waals surface area contributed by atoms with Gasteiger partial charge in [-0.1, -0.05) is 58.6 Å². The summed E-state index contributed by atoms with van der Waals surface area (Å²) < 4.78 is 4.64. The molecule has 0 aliphatic rings. The number of hydrogen-bond donors (Lipinski definition) is 0. The Bertz CT molecular complexity index is 237. The second-order valence-corrected chi connectivity index (χ2v) is 2.63. The molecule has 0 saturated carbocycles. The van der Waals surface area contributed by atoms with E-state index in [1.54, 1.807) is 12.2 Å². The van der Waals surface area contributed by atoms with E-state index in [0.717, 1.165) is 5.57 Å². The van der Waals surface area contributed by atoms with Gasteiger partial charge in [0, 0.05) is 0 Å². The molecule has 0 aromatic carbocycles. The first-order chi connectivity index (χ1) is 8.17. The highest BCUT2D eigenvalue weighted by Crippen LogP contribution is 2.13. The smallest absolute Gasteiger partial charge is 0.312 e. The van der Waals surface area contributed by atoms with Crippen LogP contribution in [0.4, 0.5) is 0 Å². The first-order valence-corrected chi connectivity index (χ1v) is 6.20. The molecule has 0 aromatic rings. The third kappa shape index (κ3) is 11.0. The largest absolute Gasteiger partial charge is 0.469 e. The van der Waals surface area contributed by atoms with E-state index >= 15 is 0 Å². The summed E-state index contributed by atoms with van der Waals surface area (Å²) in [6, 6.07) is 0. The fourth-order valence-corrected chi connectivity index (χ4v) is 0.983. The van der Waals surface area contributed by atoms with E-state index in [-0.39, 0.29) is 11.9 Å². The summed E-state index contributed by atoms with van der Waals surface area (Å²) in [7, 11) is 1.39. The SMILES string of the molecule is C=C/C=C\C(=C/C)C(C)C(=O)OC.CC.CC. The minimum Gasteiger partial charge on any atom is -0.469 e. The molecule has 17 heavy (non-hydrogen) atoms. The van der Waals surface area contributed by atoms with Crippen LogP contribution < -0.4 is 0 Å². The second kappa shape index (κ2) is 17.1. The maximum atomic E-state index is 11.2. The molecule has 1 atom stereocenters. The van der Waals surface area contributed by atoms with Gasteiger partial charge in [-0.25, -0.2) is 0 Å². The number of hydrogen-bond acceptors (Lipinski definition) is 2. The maximum absolute atomic E-state index is 11.2. The zero-order valence-electron chi connectivity index (χ0n) is 12.4. The molecule has 0 aliphatic heterocycles. The molecule has 0 amide bonds. The first-order valence-electron chi connectivity index (χ1n) is 6.20. The van der Waals surface area contributed by atoms with Gasteiger partial charge in [-0.15, -0.1) is 0 Å². The summed E-state index contributed by atoms with van der Waals surface area (Å²) in [4.78, 5) is 11.2. The van der Waals surface area contributed by atoms with Gasteiger partial charge in [-0.05, 0) is 19.4 Å². The van der Waals surface area contributed by atoms with Crippen molar-refractivity contribution in [2.75, 3.05) is 7.11 Å². The maximum Gasteiger partial charge on any atom is 0.312 e. The molecule has 0 radical (unpaired) electrons. The average molecular weight is 240 g/mol. The van der Waals surface area contributed by atoms with Crippen molar-refractivity contribution < 1.29 is 9.53 Å². The number of ether oxygens (including phenoxy) is 1. The fourth-order valence-electron chi connectivity index (χ4n) is 0.983. The average Bonchev–Trinajstić information content (AvgIpc) is 2.42. The van der Waals surface area contributed by atoms with E-state index in [0.29, 0.717) is 0 Å². The number of allylic oxidation sites excluding steroid dienone is 4. The van der Waals surface area contributed by atoms with Gasteiger partial charge in [0.25, 0.3) is 0 Å². The minimum atomic E-state index is -0.221. The quantitative estimate of drug-likeness (QED) is 0.533. The Morgan fingerprint density at radius 3 is 2.00 bits per heavy atom. The molecule has 2 heteroatoms. The van der Waals surface area contributed by atoms with E-state index < -0.39 is 0 Å². The van der Waals surface area contributed by atoms with Crippen molar-refractivity contribution in [1.82, 2.24) is 0 Å². The molecule has 0 heterocycles. The first kappa shape index (κ1) is 21.0. The summed E-state index contributed by atoms with van der Waals surface area (Å²) in [6.45, 7) is 15.3. The lowest BCUT2D eigenvalue weighted by Gasteiger charge is -2.09. The van der Waals surface area contributed by atoms with E-state index in [1.807, 2.05) is 53.7 Å². The van der Waals surface area contributed by atoms with Crippen LogP contribution in [0.3, 0.4) is 0 Å². The lowest BCUT2D eigenvalue weighted by atomic mass is 10.0. The summed E-state index contributed by atoms with van der Waals surface area (Å²) in [5.74, 6) is -0.437. The lowest BCUT2D eigenvalue weighted by molar-refractivity contribution is -0.143. The predicted octanol–water partition coefficient (Wildman–Crippen LogP) is 4.54. The Hall–Kier alpha value is -1.31. The van der Waals surface area contributed by atoms with E-state index in [2.05, 4.69) is 11.3 Å². The third-order valence-corrected chi connectivity index (χ3v) is 1.81. The van der Waals surface area contributed by atoms with E-state index in [1.165, 1.54) is 7.11 Å². The Kier molecular flexibility index (Phi) is 21.1. The molecule has 0 spiro atoms. The Morgan fingerprint density at radius 1 is 1.24 bits per heavy atom. The summed E-state index contributed by atoms with van der Waals surface area (Å²) >= 11 is 0. The van der Waals surface area contributed by atoms with Crippen molar-refractivity contribution in [1.29, 1.82) is 0 Å². The van der Waals surface area contributed by atoms with Crippen LogP contribution in [-0.4, -0.2) is 13.1 Å². The van der Waals surface area contributed by atoms with Crippen LogP contribution >= 0.6 is 0 Å². The van der Waals surface area contributed by atoms with Gasteiger partial charge in [0.15, 0.2) is 0 Å². The topological polar surface area (TPSA) is 26.3 Å². The fraction of sp³-hybridized carbons (Fsp3) is 0.533. The van der Waals surface area contributed by atoms with Gasteiger partial charge in [0.05, 0.1) is 13.0 Å². The van der Waals surface area contributed by atoms with E-state index in [9.17, 15) is 4.79 Å². The predicted molar refractivity (Wildman–Crippen MR) is 77.0 cm³/mol. The van der Waals surface area contributed by atoms with Crippen LogP contribution in [0, 0.1) is 5.92 Å². The third-order valence-electron chi connectivity index (χ3n) is 1.81. The van der Waals surface area contributed by atoms with Crippen LogP contribution in [-0.2, 0) is 9.53 Å². The molecule has 0 bridgehead atoms. The second-order valence-electron chi connectivity index (χ2n) is 2.63. The van der Waals surface area contributed by atoms with Crippen molar-refractivity contribution in [3.63, 3.8) is 0 Å². The monoisotopic (exact) mass is 240 g/mol. The minimum absolute atomic E-state index is 0.216. The van der Waals surface area contributed by atoms with Crippen LogP contribution in [0.15, 0.2) is 36.5 Å². The summed E-state index contributed by atoms with van der Waals surface area (Å²) in [5, 5.41) is 0. The van der Waals surface area contributed by atoms with Crippen molar-refractivity contribution in [3.05, 3.63) is 36.5 Å². The molecular formula is C15H28O2. The Balaban J connectivity index is -0.000000439. The van der Waals surface area contributed by atoms with Gasteiger partial charge in [-0.2, -0.15) is 0 Å². The number of carbonyl (C=O) groups excluding carboxylic acids is 1. The van der Waals surface area contributed by atoms with Gasteiger partial charge >= 0.3 is 5.97 Å². The number of rotatable bonds is 4. The van der Waals surface area contributed by atoms with Crippen LogP contribution in [0.5, 0.6) is 0 Å². The number of esters is 1. The molecule has 0 fully saturated rings. The highest BCUT2D eigenvalue weighted by Gasteiger charge is 2.14. The highest BCUT2D eigenvalue weighted by atomic mass is 16.5. The molecule has 0 rings (SSSR count). The molecule has 0 saturated heterocycles. The molecule has 0 aliphatic carbocycles. The summed E-state index contributed by atoms with van der Waals surface area (Å²) in [6.07, 6.45) is 7.22. The van der Waals surface area contributed by atoms with Gasteiger partial charge in [0.2, 0.25) is 0 Å². The van der Waals surface area contributed by atoms with Crippen LogP contribution in [0.1, 0.15) is 41.5 Å². The zero-order valence-corrected chi connectivity index (χ0v) is 12.4. The Labute approximate surface area is 107 Å². The molecule has 1 unspecified atom stereocenters. The van der Waals surface area contributed by atoms with Gasteiger partial charge in [-0.3, -0.25) is 4.79 Å². The van der Waals surface area contributed by atoms with Crippen molar-refractivity contribution in [2.45, 2.75) is 41.5 Å². The standard InChI is InChI=1S/C11H16O2.2C2H6/c1-5-7-8-10(6-2)9(3)11(12)13-4;2*1-2/h5-9H,1H2,2-4H3;2*1-2H3/b8-7-,10-6+;;. The van der Waals surface area contributed by atoms with Crippen molar-refractivity contribution in [2.24, 2.45) is 5.92 Å². The van der Waals surface area contributed by atoms with Gasteiger partial charge < -0.3 is 4.74 Å². The number of carbonyl (C=O) groups is 1. The highest BCUT2D eigenvalue weighted by molar-refractivity contribution is 5.76. The molecular weight excluding hydrogens is 212 g/mol. The summed E-state index contributed by atoms with van der Waals surface area (Å²) in [5.41, 5.74) is 0.937. The molecule has 100 valence electrons. The van der Waals surface area contributed by atoms with Crippen LogP contribution in [0.2, 0.25) is 0 Å². The van der Waals surface area contributed by atoms with Crippen LogP contribution in [0.25, 0.3) is 0 Å². The van der Waals surface area contributed by atoms with E-state index in [4.69, 9.17) is 0 Å². The number of methoxy groups -OCH3 is 1. The van der Waals surface area contributed by atoms with Crippen molar-refractivity contribution in [3.8, 4) is 0 Å². The van der Waals surface area contributed by atoms with Gasteiger partial charge in [0.1, 0.15) is 0 Å². The molecule has 2 nitrogen and oxygen atoms in total.